The van der Waals surface area contributed by atoms with Crippen molar-refractivity contribution in [3.63, 3.8) is 0 Å². The number of piperazine rings is 1. The molecule has 2 nitrogen and oxygen atoms in total. The summed E-state index contributed by atoms with van der Waals surface area (Å²) in [5.74, 6) is 0.886. The van der Waals surface area contributed by atoms with Gasteiger partial charge in [-0.05, 0) is 51.5 Å². The van der Waals surface area contributed by atoms with Crippen molar-refractivity contribution in [1.82, 2.24) is 10.2 Å². The van der Waals surface area contributed by atoms with Crippen LogP contribution in [0.15, 0.2) is 24.3 Å². The van der Waals surface area contributed by atoms with Gasteiger partial charge >= 0.3 is 0 Å². The Balaban J connectivity index is 1.81. The fourth-order valence-corrected chi connectivity index (χ4v) is 3.66. The molecule has 0 bridgehead atoms. The number of nitrogens with one attached hydrogen (secondary N) is 1. The quantitative estimate of drug-likeness (QED) is 0.907. The molecule has 3 rings (SSSR count). The fraction of sp³-hybridized carbons (Fsp3) is 0.684. The molecule has 0 amide bonds. The lowest BCUT2D eigenvalue weighted by molar-refractivity contribution is -0.00134. The van der Waals surface area contributed by atoms with E-state index < -0.39 is 0 Å². The highest BCUT2D eigenvalue weighted by molar-refractivity contribution is 5.22. The zero-order valence-corrected chi connectivity index (χ0v) is 14.1. The predicted molar refractivity (Wildman–Crippen MR) is 89.4 cm³/mol. The van der Waals surface area contributed by atoms with Crippen molar-refractivity contribution in [3.05, 3.63) is 35.4 Å². The third-order valence-corrected chi connectivity index (χ3v) is 5.87. The molecule has 1 saturated heterocycles. The summed E-state index contributed by atoms with van der Waals surface area (Å²) >= 11 is 0. The van der Waals surface area contributed by atoms with E-state index in [9.17, 15) is 0 Å². The van der Waals surface area contributed by atoms with Gasteiger partial charge in [0.15, 0.2) is 0 Å². The maximum atomic E-state index is 3.84. The predicted octanol–water partition coefficient (Wildman–Crippen LogP) is 3.74. The van der Waals surface area contributed by atoms with E-state index in [-0.39, 0.29) is 5.54 Å². The van der Waals surface area contributed by atoms with E-state index in [0.717, 1.165) is 25.6 Å². The number of aryl methyl sites for hydroxylation is 1. The van der Waals surface area contributed by atoms with Gasteiger partial charge in [0.1, 0.15) is 0 Å². The van der Waals surface area contributed by atoms with E-state index >= 15 is 0 Å². The Bertz CT molecular complexity index is 491. The summed E-state index contributed by atoms with van der Waals surface area (Å²) in [6.07, 6.45) is 4.01. The number of hydrogen-bond acceptors (Lipinski definition) is 2. The van der Waals surface area contributed by atoms with Crippen LogP contribution >= 0.6 is 0 Å². The molecule has 1 saturated carbocycles. The van der Waals surface area contributed by atoms with Crippen molar-refractivity contribution >= 4 is 0 Å². The van der Waals surface area contributed by atoms with Crippen LogP contribution in [0, 0.1) is 12.8 Å². The fourth-order valence-electron chi connectivity index (χ4n) is 3.66. The van der Waals surface area contributed by atoms with Crippen molar-refractivity contribution in [1.29, 1.82) is 0 Å². The van der Waals surface area contributed by atoms with Crippen LogP contribution in [-0.2, 0) is 6.54 Å². The molecular weight excluding hydrogens is 256 g/mol. The van der Waals surface area contributed by atoms with Gasteiger partial charge in [0.2, 0.25) is 0 Å². The van der Waals surface area contributed by atoms with Crippen LogP contribution < -0.4 is 5.32 Å². The van der Waals surface area contributed by atoms with Gasteiger partial charge in [-0.25, -0.2) is 0 Å². The first-order chi connectivity index (χ1) is 9.95. The van der Waals surface area contributed by atoms with Gasteiger partial charge < -0.3 is 5.32 Å². The average Bonchev–Trinajstić information content (AvgIpc) is 3.31. The molecule has 21 heavy (non-hydrogen) atoms. The van der Waals surface area contributed by atoms with Crippen LogP contribution in [0.2, 0.25) is 0 Å². The second kappa shape index (κ2) is 5.40. The molecule has 0 spiro atoms. The maximum Gasteiger partial charge on any atom is 0.0338 e. The normalized spacial score (nSPS) is 34.1. The summed E-state index contributed by atoms with van der Waals surface area (Å²) in [6.45, 7) is 12.7. The molecule has 0 aromatic heterocycles. The van der Waals surface area contributed by atoms with Crippen LogP contribution in [0.1, 0.15) is 51.2 Å². The number of benzene rings is 1. The van der Waals surface area contributed by atoms with Gasteiger partial charge in [0.25, 0.3) is 0 Å². The average molecular weight is 286 g/mol. The molecule has 2 unspecified atom stereocenters. The van der Waals surface area contributed by atoms with E-state index in [0.29, 0.717) is 5.54 Å². The van der Waals surface area contributed by atoms with E-state index in [1.165, 1.54) is 30.4 Å². The third-order valence-electron chi connectivity index (χ3n) is 5.87. The Kier molecular flexibility index (Phi) is 3.87. The minimum absolute atomic E-state index is 0.263. The van der Waals surface area contributed by atoms with Crippen LogP contribution in [-0.4, -0.2) is 29.1 Å². The molecule has 1 aromatic carbocycles. The zero-order valence-electron chi connectivity index (χ0n) is 14.1. The number of hydrogen-bond donors (Lipinski definition) is 1. The molecular formula is C19H30N2. The molecule has 2 aliphatic rings. The monoisotopic (exact) mass is 286 g/mol. The minimum atomic E-state index is 0.263. The van der Waals surface area contributed by atoms with Gasteiger partial charge in [0, 0.05) is 30.7 Å². The minimum Gasteiger partial charge on any atom is -0.308 e. The standard InChI is InChI=1S/C19H30N2/c1-5-18(3)14-21(12-16-8-6-15(2)7-9-16)19(4,13-20-18)17-10-11-17/h6-9,17,20H,5,10-14H2,1-4H3. The smallest absolute Gasteiger partial charge is 0.0338 e. The Morgan fingerprint density at radius 2 is 1.86 bits per heavy atom. The van der Waals surface area contributed by atoms with Crippen LogP contribution in [0.3, 0.4) is 0 Å². The van der Waals surface area contributed by atoms with Gasteiger partial charge in [-0.3, -0.25) is 4.90 Å². The molecule has 1 aromatic rings. The Morgan fingerprint density at radius 3 is 2.43 bits per heavy atom. The topological polar surface area (TPSA) is 15.3 Å². The number of nitrogens with zero attached hydrogens (tertiary/aromatic N) is 1. The SMILES string of the molecule is CCC1(C)CN(Cc2ccc(C)cc2)C(C)(C2CC2)CN1. The van der Waals surface area contributed by atoms with Crippen molar-refractivity contribution < 1.29 is 0 Å². The first kappa shape index (κ1) is 15.1. The first-order valence-electron chi connectivity index (χ1n) is 8.51. The van der Waals surface area contributed by atoms with Gasteiger partial charge in [-0.2, -0.15) is 0 Å². The summed E-state index contributed by atoms with van der Waals surface area (Å²) in [4.78, 5) is 2.76. The molecule has 2 atom stereocenters. The van der Waals surface area contributed by atoms with Crippen molar-refractivity contribution in [2.75, 3.05) is 13.1 Å². The third kappa shape index (κ3) is 3.02. The Labute approximate surface area is 129 Å². The Hall–Kier alpha value is -0.860. The van der Waals surface area contributed by atoms with Gasteiger partial charge in [-0.15, -0.1) is 0 Å². The lowest BCUT2D eigenvalue weighted by Gasteiger charge is -2.53. The van der Waals surface area contributed by atoms with Crippen molar-refractivity contribution in [2.45, 2.75) is 64.6 Å². The first-order valence-corrected chi connectivity index (χ1v) is 8.51. The van der Waals surface area contributed by atoms with E-state index in [4.69, 9.17) is 0 Å². The largest absolute Gasteiger partial charge is 0.308 e. The van der Waals surface area contributed by atoms with Crippen LogP contribution in [0.25, 0.3) is 0 Å². The second-order valence-corrected chi connectivity index (χ2v) is 7.74. The molecule has 1 aliphatic heterocycles. The van der Waals surface area contributed by atoms with E-state index in [2.05, 4.69) is 62.2 Å². The van der Waals surface area contributed by atoms with Gasteiger partial charge in [0.05, 0.1) is 0 Å². The van der Waals surface area contributed by atoms with Crippen molar-refractivity contribution in [3.8, 4) is 0 Å². The second-order valence-electron chi connectivity index (χ2n) is 7.74. The van der Waals surface area contributed by atoms with Crippen LogP contribution in [0.4, 0.5) is 0 Å². The molecule has 116 valence electrons. The number of rotatable bonds is 4. The van der Waals surface area contributed by atoms with E-state index in [1.54, 1.807) is 0 Å². The highest BCUT2D eigenvalue weighted by atomic mass is 15.3. The molecule has 2 fully saturated rings. The van der Waals surface area contributed by atoms with E-state index in [1.807, 2.05) is 0 Å². The molecule has 2 heteroatoms. The highest BCUT2D eigenvalue weighted by Crippen LogP contribution is 2.45. The van der Waals surface area contributed by atoms with Crippen LogP contribution in [0.5, 0.6) is 0 Å². The summed E-state index contributed by atoms with van der Waals surface area (Å²) in [7, 11) is 0. The Morgan fingerprint density at radius 1 is 1.19 bits per heavy atom. The molecule has 1 N–H and O–H groups in total. The lowest BCUT2D eigenvalue weighted by Crippen LogP contribution is -2.68. The summed E-state index contributed by atoms with van der Waals surface area (Å²) < 4.78 is 0. The maximum absolute atomic E-state index is 3.84. The van der Waals surface area contributed by atoms with Gasteiger partial charge in [-0.1, -0.05) is 36.8 Å². The summed E-state index contributed by atoms with van der Waals surface area (Å²) in [5, 5.41) is 3.84. The zero-order chi connectivity index (χ0) is 15.1. The molecule has 1 heterocycles. The summed E-state index contributed by atoms with van der Waals surface area (Å²) in [5.41, 5.74) is 3.40. The molecule has 1 aliphatic carbocycles. The van der Waals surface area contributed by atoms with Crippen molar-refractivity contribution in [2.24, 2.45) is 5.92 Å². The summed E-state index contributed by atoms with van der Waals surface area (Å²) in [6, 6.07) is 9.08. The highest BCUT2D eigenvalue weighted by Gasteiger charge is 2.50. The molecule has 0 radical (unpaired) electrons. The lowest BCUT2D eigenvalue weighted by atomic mass is 9.84.